The van der Waals surface area contributed by atoms with E-state index < -0.39 is 0 Å². The Bertz CT molecular complexity index is 693. The lowest BCUT2D eigenvalue weighted by molar-refractivity contribution is 0.308. The van der Waals surface area contributed by atoms with Crippen molar-refractivity contribution in [3.63, 3.8) is 0 Å². The summed E-state index contributed by atoms with van der Waals surface area (Å²) in [5.74, 6) is -0.168. The average Bonchev–Trinajstić information content (AvgIpc) is 3.10. The zero-order valence-electron chi connectivity index (χ0n) is 14.0. The third-order valence-corrected chi connectivity index (χ3v) is 4.96. The number of anilines is 1. The summed E-state index contributed by atoms with van der Waals surface area (Å²) in [5.41, 5.74) is 2.88. The summed E-state index contributed by atoms with van der Waals surface area (Å²) in [5, 5.41) is 4.00. The number of nitrogens with zero attached hydrogens (tertiary/aromatic N) is 1. The number of nitrogens with one attached hydrogen (secondary N) is 1. The Kier molecular flexibility index (Phi) is 5.46. The number of hydrogen-bond donors (Lipinski definition) is 1. The molecule has 24 heavy (non-hydrogen) atoms. The second-order valence-electron chi connectivity index (χ2n) is 6.45. The van der Waals surface area contributed by atoms with Gasteiger partial charge in [-0.3, -0.25) is 0 Å². The first-order valence-electron chi connectivity index (χ1n) is 8.51. The zero-order valence-corrected chi connectivity index (χ0v) is 14.8. The lowest BCUT2D eigenvalue weighted by Crippen LogP contribution is -2.41. The molecule has 2 aromatic carbocycles. The van der Waals surface area contributed by atoms with E-state index in [9.17, 15) is 4.39 Å². The zero-order chi connectivity index (χ0) is 16.9. The summed E-state index contributed by atoms with van der Waals surface area (Å²) in [4.78, 5) is 2.15. The van der Waals surface area contributed by atoms with Gasteiger partial charge in [-0.15, -0.1) is 0 Å². The predicted molar refractivity (Wildman–Crippen MR) is 102 cm³/mol. The van der Waals surface area contributed by atoms with Crippen molar-refractivity contribution in [1.29, 1.82) is 0 Å². The third kappa shape index (κ3) is 4.12. The Labute approximate surface area is 148 Å². The molecule has 0 radical (unpaired) electrons. The van der Waals surface area contributed by atoms with Crippen LogP contribution in [0.25, 0.3) is 0 Å². The van der Waals surface area contributed by atoms with Crippen LogP contribution in [0.1, 0.15) is 36.8 Å². The fourth-order valence-electron chi connectivity index (χ4n) is 3.22. The highest BCUT2D eigenvalue weighted by atomic mass is 32.1. The Hall–Kier alpha value is -1.94. The van der Waals surface area contributed by atoms with E-state index >= 15 is 0 Å². The van der Waals surface area contributed by atoms with Crippen molar-refractivity contribution in [2.24, 2.45) is 0 Å². The van der Waals surface area contributed by atoms with Gasteiger partial charge < -0.3 is 10.2 Å². The van der Waals surface area contributed by atoms with Crippen LogP contribution in [0, 0.1) is 12.7 Å². The van der Waals surface area contributed by atoms with Crippen LogP contribution in [0.2, 0.25) is 0 Å². The van der Waals surface area contributed by atoms with Crippen molar-refractivity contribution in [3.8, 4) is 0 Å². The van der Waals surface area contributed by atoms with Crippen molar-refractivity contribution in [3.05, 3.63) is 65.5 Å². The van der Waals surface area contributed by atoms with Gasteiger partial charge in [0, 0.05) is 23.8 Å². The van der Waals surface area contributed by atoms with Gasteiger partial charge in [-0.1, -0.05) is 48.7 Å². The molecule has 0 atom stereocenters. The molecule has 1 aliphatic rings. The third-order valence-electron chi connectivity index (χ3n) is 4.63. The Morgan fingerprint density at radius 2 is 1.79 bits per heavy atom. The Balaban J connectivity index is 1.77. The Morgan fingerprint density at radius 1 is 1.12 bits per heavy atom. The first-order valence-corrected chi connectivity index (χ1v) is 8.92. The molecule has 0 aliphatic heterocycles. The minimum absolute atomic E-state index is 0.168. The number of rotatable bonds is 4. The average molecular weight is 342 g/mol. The van der Waals surface area contributed by atoms with E-state index in [-0.39, 0.29) is 5.82 Å². The van der Waals surface area contributed by atoms with Crippen LogP contribution in [0.15, 0.2) is 48.5 Å². The lowest BCUT2D eigenvalue weighted by Gasteiger charge is -2.32. The summed E-state index contributed by atoms with van der Waals surface area (Å²) in [6.07, 6.45) is 4.66. The van der Waals surface area contributed by atoms with Gasteiger partial charge in [0.2, 0.25) is 0 Å². The number of hydrogen-bond acceptors (Lipinski definition) is 1. The van der Waals surface area contributed by atoms with Gasteiger partial charge in [0.25, 0.3) is 0 Å². The number of halogens is 1. The standard InChI is InChI=1S/C20H23FN2S/c1-15-10-12-17(13-11-15)22-20(24)23(18-7-3-4-8-18)14-16-6-2-5-9-19(16)21/h2,5-6,9-13,18H,3-4,7-8,14H2,1H3,(H,22,24). The van der Waals surface area contributed by atoms with Crippen LogP contribution < -0.4 is 5.32 Å². The van der Waals surface area contributed by atoms with Crippen molar-refractivity contribution in [2.75, 3.05) is 5.32 Å². The van der Waals surface area contributed by atoms with Crippen LogP contribution >= 0.6 is 12.2 Å². The van der Waals surface area contributed by atoms with Gasteiger partial charge in [0.1, 0.15) is 5.82 Å². The largest absolute Gasteiger partial charge is 0.342 e. The first-order chi connectivity index (χ1) is 11.6. The second kappa shape index (κ2) is 7.75. The maximum atomic E-state index is 14.1. The molecule has 0 heterocycles. The van der Waals surface area contributed by atoms with Crippen molar-refractivity contribution < 1.29 is 4.39 Å². The van der Waals surface area contributed by atoms with Crippen LogP contribution in [-0.4, -0.2) is 16.1 Å². The van der Waals surface area contributed by atoms with E-state index in [2.05, 4.69) is 29.3 Å². The molecule has 4 heteroatoms. The van der Waals surface area contributed by atoms with Gasteiger partial charge in [-0.2, -0.15) is 0 Å². The van der Waals surface area contributed by atoms with Gasteiger partial charge in [0.15, 0.2) is 5.11 Å². The van der Waals surface area contributed by atoms with E-state index in [1.54, 1.807) is 6.07 Å². The molecule has 0 bridgehead atoms. The van der Waals surface area contributed by atoms with Gasteiger partial charge >= 0.3 is 0 Å². The van der Waals surface area contributed by atoms with E-state index in [0.29, 0.717) is 23.3 Å². The van der Waals surface area contributed by atoms with Crippen molar-refractivity contribution in [2.45, 2.75) is 45.2 Å². The molecule has 0 amide bonds. The Morgan fingerprint density at radius 3 is 2.46 bits per heavy atom. The van der Waals surface area contributed by atoms with Gasteiger partial charge in [-0.05, 0) is 50.2 Å². The normalized spacial score (nSPS) is 14.6. The summed E-state index contributed by atoms with van der Waals surface area (Å²) in [6, 6.07) is 15.5. The predicted octanol–water partition coefficient (Wildman–Crippen LogP) is 5.28. The smallest absolute Gasteiger partial charge is 0.173 e. The molecule has 1 aliphatic carbocycles. The molecule has 0 saturated heterocycles. The molecule has 0 spiro atoms. The molecule has 2 aromatic rings. The molecule has 0 aromatic heterocycles. The summed E-state index contributed by atoms with van der Waals surface area (Å²) in [6.45, 7) is 2.57. The minimum atomic E-state index is -0.168. The van der Waals surface area contributed by atoms with E-state index in [4.69, 9.17) is 12.2 Å². The first kappa shape index (κ1) is 16.9. The molecule has 1 fully saturated rings. The van der Waals surface area contributed by atoms with Crippen molar-refractivity contribution >= 4 is 23.0 Å². The molecule has 2 nitrogen and oxygen atoms in total. The lowest BCUT2D eigenvalue weighted by atomic mass is 10.1. The highest BCUT2D eigenvalue weighted by molar-refractivity contribution is 7.80. The maximum Gasteiger partial charge on any atom is 0.173 e. The maximum absolute atomic E-state index is 14.1. The van der Waals surface area contributed by atoms with Crippen LogP contribution in [0.5, 0.6) is 0 Å². The summed E-state index contributed by atoms with van der Waals surface area (Å²) < 4.78 is 14.1. The summed E-state index contributed by atoms with van der Waals surface area (Å²) >= 11 is 5.66. The van der Waals surface area contributed by atoms with Crippen LogP contribution in [0.4, 0.5) is 10.1 Å². The van der Waals surface area contributed by atoms with E-state index in [1.807, 2.05) is 24.3 Å². The molecule has 126 valence electrons. The van der Waals surface area contributed by atoms with E-state index in [0.717, 1.165) is 18.5 Å². The van der Waals surface area contributed by atoms with Gasteiger partial charge in [-0.25, -0.2) is 4.39 Å². The van der Waals surface area contributed by atoms with E-state index in [1.165, 1.54) is 24.5 Å². The highest BCUT2D eigenvalue weighted by Crippen LogP contribution is 2.26. The summed E-state index contributed by atoms with van der Waals surface area (Å²) in [7, 11) is 0. The quantitative estimate of drug-likeness (QED) is 0.762. The SMILES string of the molecule is Cc1ccc(NC(=S)N(Cc2ccccc2F)C2CCCC2)cc1. The molecule has 0 unspecified atom stereocenters. The topological polar surface area (TPSA) is 15.3 Å². The minimum Gasteiger partial charge on any atom is -0.342 e. The number of benzene rings is 2. The molecule has 1 saturated carbocycles. The molecule has 1 N–H and O–H groups in total. The fourth-order valence-corrected chi connectivity index (χ4v) is 3.56. The second-order valence-corrected chi connectivity index (χ2v) is 6.84. The highest BCUT2D eigenvalue weighted by Gasteiger charge is 2.25. The number of thiocarbonyl (C=S) groups is 1. The van der Waals surface area contributed by atoms with Crippen LogP contribution in [-0.2, 0) is 6.54 Å². The van der Waals surface area contributed by atoms with Crippen LogP contribution in [0.3, 0.4) is 0 Å². The monoisotopic (exact) mass is 342 g/mol. The molecular weight excluding hydrogens is 319 g/mol. The molecule has 3 rings (SSSR count). The molecular formula is C20H23FN2S. The fraction of sp³-hybridized carbons (Fsp3) is 0.350. The van der Waals surface area contributed by atoms with Gasteiger partial charge in [0.05, 0.1) is 0 Å². The van der Waals surface area contributed by atoms with Crippen molar-refractivity contribution in [1.82, 2.24) is 4.90 Å². The number of aryl methyl sites for hydroxylation is 1.